The highest BCUT2D eigenvalue weighted by Gasteiger charge is 2.19. The van der Waals surface area contributed by atoms with Gasteiger partial charge in [-0.15, -0.1) is 0 Å². The summed E-state index contributed by atoms with van der Waals surface area (Å²) in [6.07, 6.45) is 6.66. The number of likely N-dealkylation sites (tertiary alicyclic amines) is 1. The van der Waals surface area contributed by atoms with Crippen LogP contribution in [0.3, 0.4) is 0 Å². The standard InChI is InChI=1S/C16H25NO/c1-13-8-9-15(16(18)12-13)14(2)17-10-6-4-3-5-7-11-17/h8-9,12,14,18H,3-7,10-11H2,1-2H3. The van der Waals surface area contributed by atoms with Gasteiger partial charge in [0.15, 0.2) is 0 Å². The summed E-state index contributed by atoms with van der Waals surface area (Å²) in [6, 6.07) is 6.36. The van der Waals surface area contributed by atoms with Crippen LogP contribution in [0.1, 0.15) is 56.2 Å². The summed E-state index contributed by atoms with van der Waals surface area (Å²) in [5.74, 6) is 0.449. The van der Waals surface area contributed by atoms with Gasteiger partial charge in [0.1, 0.15) is 5.75 Å². The third kappa shape index (κ3) is 3.26. The molecule has 1 atom stereocenters. The molecule has 0 aliphatic carbocycles. The van der Waals surface area contributed by atoms with Gasteiger partial charge < -0.3 is 5.11 Å². The van der Waals surface area contributed by atoms with Crippen molar-refractivity contribution in [1.29, 1.82) is 0 Å². The molecule has 1 aromatic rings. The minimum atomic E-state index is 0.323. The molecule has 1 aromatic carbocycles. The molecule has 0 radical (unpaired) electrons. The van der Waals surface area contributed by atoms with E-state index in [1.54, 1.807) is 0 Å². The molecule has 1 fully saturated rings. The van der Waals surface area contributed by atoms with E-state index in [0.717, 1.165) is 24.2 Å². The molecule has 1 heterocycles. The van der Waals surface area contributed by atoms with Crippen LogP contribution in [-0.2, 0) is 0 Å². The molecule has 2 rings (SSSR count). The van der Waals surface area contributed by atoms with E-state index in [1.807, 2.05) is 13.0 Å². The Hall–Kier alpha value is -1.02. The van der Waals surface area contributed by atoms with Crippen LogP contribution < -0.4 is 0 Å². The molecule has 2 nitrogen and oxygen atoms in total. The summed E-state index contributed by atoms with van der Waals surface area (Å²) in [6.45, 7) is 6.55. The number of phenolic OH excluding ortho intramolecular Hbond substituents is 1. The summed E-state index contributed by atoms with van der Waals surface area (Å²) in [5, 5.41) is 10.1. The van der Waals surface area contributed by atoms with Gasteiger partial charge in [0, 0.05) is 11.6 Å². The predicted molar refractivity (Wildman–Crippen MR) is 75.9 cm³/mol. The number of hydrogen-bond acceptors (Lipinski definition) is 2. The van der Waals surface area contributed by atoms with E-state index >= 15 is 0 Å². The summed E-state index contributed by atoms with van der Waals surface area (Å²) < 4.78 is 0. The van der Waals surface area contributed by atoms with Crippen molar-refractivity contribution in [2.45, 2.75) is 52.0 Å². The van der Waals surface area contributed by atoms with E-state index in [0.29, 0.717) is 11.8 Å². The van der Waals surface area contributed by atoms with Crippen LogP contribution in [0.5, 0.6) is 5.75 Å². The first-order valence-electron chi connectivity index (χ1n) is 7.22. The molecule has 1 aliphatic heterocycles. The van der Waals surface area contributed by atoms with Crippen molar-refractivity contribution in [2.24, 2.45) is 0 Å². The Balaban J connectivity index is 2.10. The van der Waals surface area contributed by atoms with Crippen LogP contribution in [0.2, 0.25) is 0 Å². The van der Waals surface area contributed by atoms with E-state index in [4.69, 9.17) is 0 Å². The zero-order valence-electron chi connectivity index (χ0n) is 11.7. The lowest BCUT2D eigenvalue weighted by atomic mass is 10.0. The lowest BCUT2D eigenvalue weighted by Crippen LogP contribution is -2.30. The average molecular weight is 247 g/mol. The molecule has 0 spiro atoms. The van der Waals surface area contributed by atoms with Gasteiger partial charge in [-0.3, -0.25) is 4.90 Å². The maximum absolute atomic E-state index is 10.1. The van der Waals surface area contributed by atoms with Crippen LogP contribution in [0.25, 0.3) is 0 Å². The van der Waals surface area contributed by atoms with Crippen LogP contribution in [0.4, 0.5) is 0 Å². The molecule has 0 amide bonds. The third-order valence-electron chi connectivity index (χ3n) is 4.07. The molecule has 2 heteroatoms. The van der Waals surface area contributed by atoms with E-state index < -0.39 is 0 Å². The molecule has 1 aliphatic rings. The first kappa shape index (κ1) is 13.4. The van der Waals surface area contributed by atoms with Gasteiger partial charge in [-0.05, 0) is 51.4 Å². The van der Waals surface area contributed by atoms with Crippen LogP contribution in [0, 0.1) is 6.92 Å². The Kier molecular flexibility index (Phi) is 4.65. The second-order valence-electron chi connectivity index (χ2n) is 5.54. The van der Waals surface area contributed by atoms with Crippen molar-refractivity contribution in [3.8, 4) is 5.75 Å². The Morgan fingerprint density at radius 1 is 1.06 bits per heavy atom. The zero-order chi connectivity index (χ0) is 13.0. The normalized spacial score (nSPS) is 20.1. The summed E-state index contributed by atoms with van der Waals surface area (Å²) in [4.78, 5) is 2.52. The number of phenols is 1. The number of aryl methyl sites for hydroxylation is 1. The van der Waals surface area contributed by atoms with Gasteiger partial charge in [0.25, 0.3) is 0 Å². The third-order valence-corrected chi connectivity index (χ3v) is 4.07. The van der Waals surface area contributed by atoms with E-state index in [1.165, 1.54) is 32.1 Å². The summed E-state index contributed by atoms with van der Waals surface area (Å²) >= 11 is 0. The van der Waals surface area contributed by atoms with Gasteiger partial charge in [0.05, 0.1) is 0 Å². The Morgan fingerprint density at radius 3 is 2.28 bits per heavy atom. The fourth-order valence-electron chi connectivity index (χ4n) is 2.86. The molecule has 0 aromatic heterocycles. The number of aromatic hydroxyl groups is 1. The molecular weight excluding hydrogens is 222 g/mol. The van der Waals surface area contributed by atoms with Gasteiger partial charge in [-0.25, -0.2) is 0 Å². The van der Waals surface area contributed by atoms with Gasteiger partial charge in [-0.1, -0.05) is 31.4 Å². The highest BCUT2D eigenvalue weighted by Crippen LogP contribution is 2.30. The second-order valence-corrected chi connectivity index (χ2v) is 5.54. The van der Waals surface area contributed by atoms with Crippen molar-refractivity contribution >= 4 is 0 Å². The SMILES string of the molecule is Cc1ccc(C(C)N2CCCCCCC2)c(O)c1. The average Bonchev–Trinajstić information content (AvgIpc) is 2.27. The number of nitrogens with zero attached hydrogens (tertiary/aromatic N) is 1. The first-order chi connectivity index (χ1) is 8.68. The zero-order valence-corrected chi connectivity index (χ0v) is 11.7. The number of rotatable bonds is 2. The summed E-state index contributed by atoms with van der Waals surface area (Å²) in [7, 11) is 0. The molecule has 18 heavy (non-hydrogen) atoms. The summed E-state index contributed by atoms with van der Waals surface area (Å²) in [5.41, 5.74) is 2.19. The van der Waals surface area contributed by atoms with Gasteiger partial charge in [-0.2, -0.15) is 0 Å². The monoisotopic (exact) mass is 247 g/mol. The van der Waals surface area contributed by atoms with E-state index in [-0.39, 0.29) is 0 Å². The highest BCUT2D eigenvalue weighted by atomic mass is 16.3. The maximum Gasteiger partial charge on any atom is 0.120 e. The molecule has 0 bridgehead atoms. The highest BCUT2D eigenvalue weighted by molar-refractivity contribution is 5.37. The molecule has 1 N–H and O–H groups in total. The fourth-order valence-corrected chi connectivity index (χ4v) is 2.86. The van der Waals surface area contributed by atoms with Gasteiger partial charge >= 0.3 is 0 Å². The largest absolute Gasteiger partial charge is 0.508 e. The van der Waals surface area contributed by atoms with Crippen LogP contribution in [-0.4, -0.2) is 23.1 Å². The topological polar surface area (TPSA) is 23.5 Å². The van der Waals surface area contributed by atoms with Crippen molar-refractivity contribution in [3.05, 3.63) is 29.3 Å². The smallest absolute Gasteiger partial charge is 0.120 e. The van der Waals surface area contributed by atoms with Crippen LogP contribution >= 0.6 is 0 Å². The first-order valence-corrected chi connectivity index (χ1v) is 7.22. The Morgan fingerprint density at radius 2 is 1.67 bits per heavy atom. The molecule has 0 saturated carbocycles. The van der Waals surface area contributed by atoms with Crippen molar-refractivity contribution in [2.75, 3.05) is 13.1 Å². The lowest BCUT2D eigenvalue weighted by molar-refractivity contribution is 0.189. The number of hydrogen-bond donors (Lipinski definition) is 1. The molecule has 100 valence electrons. The lowest BCUT2D eigenvalue weighted by Gasteiger charge is -2.31. The number of benzene rings is 1. The Bertz CT molecular complexity index is 381. The van der Waals surface area contributed by atoms with E-state index in [2.05, 4.69) is 24.0 Å². The maximum atomic E-state index is 10.1. The fraction of sp³-hybridized carbons (Fsp3) is 0.625. The van der Waals surface area contributed by atoms with E-state index in [9.17, 15) is 5.11 Å². The van der Waals surface area contributed by atoms with Crippen molar-refractivity contribution < 1.29 is 5.11 Å². The van der Waals surface area contributed by atoms with Crippen molar-refractivity contribution in [1.82, 2.24) is 4.90 Å². The molecule has 1 unspecified atom stereocenters. The van der Waals surface area contributed by atoms with Crippen molar-refractivity contribution in [3.63, 3.8) is 0 Å². The molecule has 1 saturated heterocycles. The minimum absolute atomic E-state index is 0.323. The Labute approximate surface area is 111 Å². The second kappa shape index (κ2) is 6.24. The van der Waals surface area contributed by atoms with Crippen LogP contribution in [0.15, 0.2) is 18.2 Å². The van der Waals surface area contributed by atoms with Gasteiger partial charge in [0.2, 0.25) is 0 Å². The predicted octanol–water partition coefficient (Wildman–Crippen LogP) is 4.03. The quantitative estimate of drug-likeness (QED) is 0.853. The molecular formula is C16H25NO. The minimum Gasteiger partial charge on any atom is -0.508 e.